The van der Waals surface area contributed by atoms with Gasteiger partial charge >= 0.3 is 0 Å². The summed E-state index contributed by atoms with van der Waals surface area (Å²) in [6.07, 6.45) is 0. The Morgan fingerprint density at radius 3 is 2.27 bits per heavy atom. The van der Waals surface area contributed by atoms with Crippen molar-refractivity contribution >= 4 is 5.69 Å². The van der Waals surface area contributed by atoms with Crippen LogP contribution in [0.4, 0.5) is 5.69 Å². The smallest absolute Gasteiger partial charge is 0.129 e. The van der Waals surface area contributed by atoms with Crippen LogP contribution in [0.15, 0.2) is 48.5 Å². The molecule has 3 rings (SSSR count). The van der Waals surface area contributed by atoms with Crippen molar-refractivity contribution in [3.8, 4) is 11.5 Å². The van der Waals surface area contributed by atoms with Gasteiger partial charge in [0, 0.05) is 24.8 Å². The second-order valence-electron chi connectivity index (χ2n) is 5.01. The first kappa shape index (κ1) is 16.4. The summed E-state index contributed by atoms with van der Waals surface area (Å²) >= 11 is 0. The fraction of sp³-hybridized carbons (Fsp3) is 0.368. The van der Waals surface area contributed by atoms with Crippen LogP contribution in [0.25, 0.3) is 0 Å². The Balaban J connectivity index is 0.000000847. The van der Waals surface area contributed by atoms with E-state index in [1.807, 2.05) is 38.1 Å². The fourth-order valence-electron chi connectivity index (χ4n) is 2.31. The number of hydrogen-bond donors (Lipinski definition) is 0. The van der Waals surface area contributed by atoms with Crippen LogP contribution in [-0.4, -0.2) is 26.3 Å². The average molecular weight is 299 g/mol. The number of hydrogen-bond acceptors (Lipinski definition) is 3. The largest absolute Gasteiger partial charge is 0.457 e. The first-order valence-electron chi connectivity index (χ1n) is 7.98. The van der Waals surface area contributed by atoms with Crippen molar-refractivity contribution < 1.29 is 9.47 Å². The van der Waals surface area contributed by atoms with Gasteiger partial charge in [0.05, 0.1) is 13.2 Å². The monoisotopic (exact) mass is 299 g/mol. The SMILES string of the molecule is CC.Cc1ccc(Oc2cccc(N3CCOCC3)c2)cc1. The maximum atomic E-state index is 5.91. The molecule has 0 unspecified atom stereocenters. The fourth-order valence-corrected chi connectivity index (χ4v) is 2.31. The highest BCUT2D eigenvalue weighted by atomic mass is 16.5. The van der Waals surface area contributed by atoms with Crippen molar-refractivity contribution in [2.45, 2.75) is 20.8 Å². The molecule has 3 heteroatoms. The summed E-state index contributed by atoms with van der Waals surface area (Å²) in [6.45, 7) is 9.54. The maximum Gasteiger partial charge on any atom is 0.129 e. The summed E-state index contributed by atoms with van der Waals surface area (Å²) in [4.78, 5) is 2.32. The third kappa shape index (κ3) is 4.50. The third-order valence-corrected chi connectivity index (χ3v) is 3.45. The molecule has 0 N–H and O–H groups in total. The Bertz CT molecular complexity index is 560. The van der Waals surface area contributed by atoms with Gasteiger partial charge in [0.2, 0.25) is 0 Å². The summed E-state index contributed by atoms with van der Waals surface area (Å²) in [5.74, 6) is 1.74. The van der Waals surface area contributed by atoms with Gasteiger partial charge in [-0.15, -0.1) is 0 Å². The van der Waals surface area contributed by atoms with Gasteiger partial charge in [-0.3, -0.25) is 0 Å². The molecule has 1 aliphatic rings. The van der Waals surface area contributed by atoms with Gasteiger partial charge in [-0.05, 0) is 31.2 Å². The van der Waals surface area contributed by atoms with E-state index < -0.39 is 0 Å². The number of morpholine rings is 1. The number of rotatable bonds is 3. The van der Waals surface area contributed by atoms with E-state index in [1.54, 1.807) is 0 Å². The molecule has 0 atom stereocenters. The van der Waals surface area contributed by atoms with E-state index in [0.717, 1.165) is 37.8 Å². The highest BCUT2D eigenvalue weighted by Gasteiger charge is 2.11. The predicted octanol–water partition coefficient (Wildman–Crippen LogP) is 4.65. The lowest BCUT2D eigenvalue weighted by atomic mass is 10.2. The minimum absolute atomic E-state index is 0.795. The molecule has 0 bridgehead atoms. The van der Waals surface area contributed by atoms with Crippen LogP contribution in [0.2, 0.25) is 0 Å². The summed E-state index contributed by atoms with van der Waals surface area (Å²) in [6, 6.07) is 16.3. The van der Waals surface area contributed by atoms with E-state index in [4.69, 9.17) is 9.47 Å². The van der Waals surface area contributed by atoms with Gasteiger partial charge in [-0.2, -0.15) is 0 Å². The lowest BCUT2D eigenvalue weighted by Gasteiger charge is -2.29. The molecule has 118 valence electrons. The van der Waals surface area contributed by atoms with Crippen molar-refractivity contribution in [2.75, 3.05) is 31.2 Å². The van der Waals surface area contributed by atoms with Crippen LogP contribution < -0.4 is 9.64 Å². The zero-order valence-electron chi connectivity index (χ0n) is 13.7. The number of nitrogens with zero attached hydrogens (tertiary/aromatic N) is 1. The van der Waals surface area contributed by atoms with Crippen molar-refractivity contribution in [1.29, 1.82) is 0 Å². The Morgan fingerprint density at radius 1 is 0.909 bits per heavy atom. The Morgan fingerprint density at radius 2 is 1.59 bits per heavy atom. The molecule has 1 saturated heterocycles. The van der Waals surface area contributed by atoms with Gasteiger partial charge in [-0.1, -0.05) is 37.6 Å². The van der Waals surface area contributed by atoms with Crippen LogP contribution in [-0.2, 0) is 4.74 Å². The molecule has 2 aromatic carbocycles. The molecule has 2 aromatic rings. The van der Waals surface area contributed by atoms with E-state index in [9.17, 15) is 0 Å². The van der Waals surface area contributed by atoms with Gasteiger partial charge < -0.3 is 14.4 Å². The molecule has 0 amide bonds. The summed E-state index contributed by atoms with van der Waals surface area (Å²) in [7, 11) is 0. The van der Waals surface area contributed by atoms with Crippen LogP contribution >= 0.6 is 0 Å². The molecule has 0 saturated carbocycles. The summed E-state index contributed by atoms with van der Waals surface area (Å²) < 4.78 is 11.3. The molecular formula is C19H25NO2. The zero-order chi connectivity index (χ0) is 15.8. The normalized spacial score (nSPS) is 14.0. The van der Waals surface area contributed by atoms with Crippen molar-refractivity contribution in [3.63, 3.8) is 0 Å². The van der Waals surface area contributed by atoms with E-state index >= 15 is 0 Å². The maximum absolute atomic E-state index is 5.91. The Kier molecular flexibility index (Phi) is 6.28. The second kappa shape index (κ2) is 8.44. The van der Waals surface area contributed by atoms with Crippen molar-refractivity contribution in [2.24, 2.45) is 0 Å². The van der Waals surface area contributed by atoms with E-state index in [2.05, 4.69) is 36.1 Å². The van der Waals surface area contributed by atoms with Gasteiger partial charge in [0.15, 0.2) is 0 Å². The van der Waals surface area contributed by atoms with Crippen molar-refractivity contribution in [1.82, 2.24) is 0 Å². The number of aryl methyl sites for hydroxylation is 1. The first-order valence-corrected chi connectivity index (χ1v) is 7.98. The van der Waals surface area contributed by atoms with Gasteiger partial charge in [-0.25, -0.2) is 0 Å². The molecule has 1 fully saturated rings. The van der Waals surface area contributed by atoms with Crippen LogP contribution in [0.3, 0.4) is 0 Å². The molecular weight excluding hydrogens is 274 g/mol. The molecule has 0 radical (unpaired) electrons. The van der Waals surface area contributed by atoms with E-state index in [1.165, 1.54) is 11.3 Å². The predicted molar refractivity (Wildman–Crippen MR) is 92.1 cm³/mol. The lowest BCUT2D eigenvalue weighted by molar-refractivity contribution is 0.122. The molecule has 3 nitrogen and oxygen atoms in total. The molecule has 1 heterocycles. The van der Waals surface area contributed by atoms with Crippen LogP contribution in [0, 0.1) is 6.92 Å². The quantitative estimate of drug-likeness (QED) is 0.823. The first-order chi connectivity index (χ1) is 10.8. The Hall–Kier alpha value is -2.00. The van der Waals surface area contributed by atoms with E-state index in [0.29, 0.717) is 0 Å². The topological polar surface area (TPSA) is 21.7 Å². The third-order valence-electron chi connectivity index (χ3n) is 3.45. The van der Waals surface area contributed by atoms with E-state index in [-0.39, 0.29) is 0 Å². The number of anilines is 1. The average Bonchev–Trinajstić information content (AvgIpc) is 2.60. The number of ether oxygens (including phenoxy) is 2. The van der Waals surface area contributed by atoms with Crippen molar-refractivity contribution in [3.05, 3.63) is 54.1 Å². The molecule has 22 heavy (non-hydrogen) atoms. The van der Waals surface area contributed by atoms with Gasteiger partial charge in [0.1, 0.15) is 11.5 Å². The Labute approximate surface area is 133 Å². The highest BCUT2D eigenvalue weighted by molar-refractivity contribution is 5.51. The van der Waals surface area contributed by atoms with Crippen LogP contribution in [0.1, 0.15) is 19.4 Å². The minimum Gasteiger partial charge on any atom is -0.457 e. The second-order valence-corrected chi connectivity index (χ2v) is 5.01. The summed E-state index contributed by atoms with van der Waals surface area (Å²) in [5, 5.41) is 0. The molecule has 1 aliphatic heterocycles. The lowest BCUT2D eigenvalue weighted by Crippen LogP contribution is -2.36. The molecule has 0 aromatic heterocycles. The molecule has 0 spiro atoms. The number of benzene rings is 2. The molecule has 0 aliphatic carbocycles. The highest BCUT2D eigenvalue weighted by Crippen LogP contribution is 2.26. The minimum atomic E-state index is 0.795. The summed E-state index contributed by atoms with van der Waals surface area (Å²) in [5.41, 5.74) is 2.43. The zero-order valence-corrected chi connectivity index (χ0v) is 13.7. The van der Waals surface area contributed by atoms with Gasteiger partial charge in [0.25, 0.3) is 0 Å². The van der Waals surface area contributed by atoms with Crippen LogP contribution in [0.5, 0.6) is 11.5 Å². The standard InChI is InChI=1S/C17H19NO2.C2H6/c1-14-5-7-16(8-6-14)20-17-4-2-3-15(13-17)18-9-11-19-12-10-18;1-2/h2-8,13H,9-12H2,1H3;1-2H3.